The van der Waals surface area contributed by atoms with Gasteiger partial charge >= 0.3 is 5.97 Å². The number of aromatic hydroxyl groups is 1. The maximum Gasteiger partial charge on any atom is 0.341 e. The maximum absolute atomic E-state index is 12.1. The summed E-state index contributed by atoms with van der Waals surface area (Å²) in [6, 6.07) is 23.3. The Bertz CT molecular complexity index is 1110. The molecule has 0 amide bonds. The van der Waals surface area contributed by atoms with Crippen molar-refractivity contribution in [3.8, 4) is 16.9 Å². The zero-order chi connectivity index (χ0) is 17.4. The van der Waals surface area contributed by atoms with E-state index in [2.05, 4.69) is 0 Å². The number of carbonyl (C=O) groups is 1. The van der Waals surface area contributed by atoms with Crippen LogP contribution in [0.15, 0.2) is 72.8 Å². The molecule has 0 fully saturated rings. The Balaban J connectivity index is 2.16. The molecule has 4 aromatic carbocycles. The van der Waals surface area contributed by atoms with Crippen LogP contribution >= 0.6 is 0 Å². The van der Waals surface area contributed by atoms with Crippen LogP contribution in [0.1, 0.15) is 10.4 Å². The van der Waals surface area contributed by atoms with E-state index in [4.69, 9.17) is 4.74 Å². The van der Waals surface area contributed by atoms with Crippen molar-refractivity contribution in [3.05, 3.63) is 78.4 Å². The Kier molecular flexibility index (Phi) is 3.62. The van der Waals surface area contributed by atoms with E-state index in [-0.39, 0.29) is 11.3 Å². The van der Waals surface area contributed by atoms with Crippen LogP contribution in [0.3, 0.4) is 0 Å². The largest absolute Gasteiger partial charge is 0.506 e. The van der Waals surface area contributed by atoms with Crippen LogP contribution in [0, 0.1) is 0 Å². The van der Waals surface area contributed by atoms with Crippen molar-refractivity contribution >= 4 is 27.5 Å². The molecule has 0 saturated heterocycles. The molecule has 3 nitrogen and oxygen atoms in total. The lowest BCUT2D eigenvalue weighted by atomic mass is 9.91. The molecular weight excluding hydrogens is 312 g/mol. The molecule has 0 bridgehead atoms. The van der Waals surface area contributed by atoms with E-state index in [0.29, 0.717) is 5.56 Å². The SMILES string of the molecule is COC(=O)c1cc2ccccc2c(-c2cccc3ccccc23)c1O. The Morgan fingerprint density at radius 3 is 2.24 bits per heavy atom. The number of fused-ring (bicyclic) bond motifs is 2. The summed E-state index contributed by atoms with van der Waals surface area (Å²) in [6.07, 6.45) is 0. The fourth-order valence-corrected chi connectivity index (χ4v) is 3.32. The summed E-state index contributed by atoms with van der Waals surface area (Å²) in [6.45, 7) is 0. The van der Waals surface area contributed by atoms with Crippen molar-refractivity contribution in [3.63, 3.8) is 0 Å². The minimum absolute atomic E-state index is 0.0538. The van der Waals surface area contributed by atoms with Gasteiger partial charge in [0.1, 0.15) is 11.3 Å². The average molecular weight is 328 g/mol. The number of methoxy groups -OCH3 is 1. The van der Waals surface area contributed by atoms with Crippen molar-refractivity contribution in [2.75, 3.05) is 7.11 Å². The predicted octanol–water partition coefficient (Wildman–Crippen LogP) is 5.15. The molecule has 0 spiro atoms. The molecule has 0 aliphatic rings. The number of carbonyl (C=O) groups excluding carboxylic acids is 1. The molecule has 0 aliphatic heterocycles. The van der Waals surface area contributed by atoms with E-state index in [1.54, 1.807) is 6.07 Å². The van der Waals surface area contributed by atoms with E-state index in [1.165, 1.54) is 7.11 Å². The molecule has 0 aromatic heterocycles. The van der Waals surface area contributed by atoms with Crippen LogP contribution in [-0.2, 0) is 4.74 Å². The van der Waals surface area contributed by atoms with Crippen molar-refractivity contribution < 1.29 is 14.6 Å². The summed E-state index contributed by atoms with van der Waals surface area (Å²) in [4.78, 5) is 12.1. The molecular formula is C22H16O3. The van der Waals surface area contributed by atoms with Crippen LogP contribution in [0.4, 0.5) is 0 Å². The summed E-state index contributed by atoms with van der Waals surface area (Å²) in [7, 11) is 1.31. The Morgan fingerprint density at radius 1 is 0.840 bits per heavy atom. The second kappa shape index (κ2) is 5.95. The van der Waals surface area contributed by atoms with Crippen molar-refractivity contribution in [1.29, 1.82) is 0 Å². The number of hydrogen-bond acceptors (Lipinski definition) is 3. The fraction of sp³-hybridized carbons (Fsp3) is 0.0455. The molecule has 0 aliphatic carbocycles. The number of ether oxygens (including phenoxy) is 1. The lowest BCUT2D eigenvalue weighted by Crippen LogP contribution is -2.03. The first-order valence-electron chi connectivity index (χ1n) is 8.02. The third-order valence-corrected chi connectivity index (χ3v) is 4.49. The van der Waals surface area contributed by atoms with Gasteiger partial charge in [-0.1, -0.05) is 66.7 Å². The van der Waals surface area contributed by atoms with Gasteiger partial charge in [0.15, 0.2) is 0 Å². The van der Waals surface area contributed by atoms with Gasteiger partial charge in [0.2, 0.25) is 0 Å². The minimum Gasteiger partial charge on any atom is -0.506 e. The number of benzene rings is 4. The molecule has 3 heteroatoms. The van der Waals surface area contributed by atoms with Gasteiger partial charge in [-0.3, -0.25) is 0 Å². The fourth-order valence-electron chi connectivity index (χ4n) is 3.32. The van der Waals surface area contributed by atoms with E-state index in [0.717, 1.165) is 27.1 Å². The van der Waals surface area contributed by atoms with Crippen molar-refractivity contribution in [2.45, 2.75) is 0 Å². The molecule has 25 heavy (non-hydrogen) atoms. The Hall–Kier alpha value is -3.33. The molecule has 4 rings (SSSR count). The van der Waals surface area contributed by atoms with Crippen LogP contribution in [0.25, 0.3) is 32.7 Å². The van der Waals surface area contributed by atoms with Gasteiger partial charge in [0.05, 0.1) is 7.11 Å². The first kappa shape index (κ1) is 15.2. The third-order valence-electron chi connectivity index (χ3n) is 4.49. The molecule has 0 heterocycles. The molecule has 1 N–H and O–H groups in total. The number of phenols is 1. The predicted molar refractivity (Wildman–Crippen MR) is 99.9 cm³/mol. The lowest BCUT2D eigenvalue weighted by molar-refractivity contribution is 0.0598. The van der Waals surface area contributed by atoms with Crippen LogP contribution in [0.2, 0.25) is 0 Å². The van der Waals surface area contributed by atoms with Gasteiger partial charge in [0, 0.05) is 5.56 Å². The summed E-state index contributed by atoms with van der Waals surface area (Å²) in [5.74, 6) is -0.605. The maximum atomic E-state index is 12.1. The van der Waals surface area contributed by atoms with E-state index >= 15 is 0 Å². The highest BCUT2D eigenvalue weighted by molar-refractivity contribution is 6.11. The van der Waals surface area contributed by atoms with Crippen molar-refractivity contribution in [1.82, 2.24) is 0 Å². The Morgan fingerprint density at radius 2 is 1.48 bits per heavy atom. The third kappa shape index (κ3) is 2.41. The average Bonchev–Trinajstić information content (AvgIpc) is 2.66. The topological polar surface area (TPSA) is 46.5 Å². The lowest BCUT2D eigenvalue weighted by Gasteiger charge is -2.15. The van der Waals surface area contributed by atoms with E-state index < -0.39 is 5.97 Å². The monoisotopic (exact) mass is 328 g/mol. The number of phenolic OH excluding ortho intramolecular Hbond substituents is 1. The number of rotatable bonds is 2. The van der Waals surface area contributed by atoms with Crippen LogP contribution in [0.5, 0.6) is 5.75 Å². The summed E-state index contributed by atoms with van der Waals surface area (Å²) < 4.78 is 4.85. The summed E-state index contributed by atoms with van der Waals surface area (Å²) >= 11 is 0. The molecule has 0 radical (unpaired) electrons. The van der Waals surface area contributed by atoms with Gasteiger partial charge < -0.3 is 9.84 Å². The van der Waals surface area contributed by atoms with Gasteiger partial charge in [-0.25, -0.2) is 4.79 Å². The summed E-state index contributed by atoms with van der Waals surface area (Å²) in [5, 5.41) is 14.8. The molecule has 4 aromatic rings. The van der Waals surface area contributed by atoms with Crippen molar-refractivity contribution in [2.24, 2.45) is 0 Å². The molecule has 0 atom stereocenters. The minimum atomic E-state index is -0.551. The Labute approximate surface area is 145 Å². The second-order valence-electron chi connectivity index (χ2n) is 5.89. The van der Waals surface area contributed by atoms with Crippen LogP contribution < -0.4 is 0 Å². The zero-order valence-corrected chi connectivity index (χ0v) is 13.7. The first-order valence-corrected chi connectivity index (χ1v) is 8.02. The number of esters is 1. The highest BCUT2D eigenvalue weighted by Crippen LogP contribution is 2.42. The molecule has 0 saturated carbocycles. The molecule has 122 valence electrons. The number of hydrogen-bond donors (Lipinski definition) is 1. The van der Waals surface area contributed by atoms with Gasteiger partial charge in [-0.15, -0.1) is 0 Å². The normalized spacial score (nSPS) is 10.9. The van der Waals surface area contributed by atoms with Crippen LogP contribution in [-0.4, -0.2) is 18.2 Å². The smallest absolute Gasteiger partial charge is 0.341 e. The highest BCUT2D eigenvalue weighted by atomic mass is 16.5. The van der Waals surface area contributed by atoms with Gasteiger partial charge in [-0.05, 0) is 33.2 Å². The standard InChI is InChI=1S/C22H16O3/c1-25-22(24)19-13-15-8-3-5-11-17(15)20(21(19)23)18-12-6-9-14-7-2-4-10-16(14)18/h2-13,23H,1H3. The van der Waals surface area contributed by atoms with Gasteiger partial charge in [-0.2, -0.15) is 0 Å². The highest BCUT2D eigenvalue weighted by Gasteiger charge is 2.20. The van der Waals surface area contributed by atoms with Gasteiger partial charge in [0.25, 0.3) is 0 Å². The van der Waals surface area contributed by atoms with E-state index in [9.17, 15) is 9.90 Å². The second-order valence-corrected chi connectivity index (χ2v) is 5.89. The zero-order valence-electron chi connectivity index (χ0n) is 13.7. The quantitative estimate of drug-likeness (QED) is 0.517. The molecule has 0 unspecified atom stereocenters. The first-order chi connectivity index (χ1) is 12.2. The van der Waals surface area contributed by atoms with E-state index in [1.807, 2.05) is 66.7 Å². The summed E-state index contributed by atoms with van der Waals surface area (Å²) in [5.41, 5.74) is 1.71.